The number of hydrogen-bond donors (Lipinski definition) is 2. The van der Waals surface area contributed by atoms with Crippen LogP contribution in [0.15, 0.2) is 24.5 Å². The van der Waals surface area contributed by atoms with Gasteiger partial charge in [0.25, 0.3) is 0 Å². The molecular formula is C17H26N4O. The van der Waals surface area contributed by atoms with Crippen molar-refractivity contribution in [2.24, 2.45) is 0 Å². The van der Waals surface area contributed by atoms with Gasteiger partial charge in [-0.2, -0.15) is 0 Å². The summed E-state index contributed by atoms with van der Waals surface area (Å²) in [6, 6.07) is 4.51. The molecule has 5 nitrogen and oxygen atoms in total. The van der Waals surface area contributed by atoms with Crippen LogP contribution in [0.4, 0.5) is 0 Å². The van der Waals surface area contributed by atoms with Gasteiger partial charge in [-0.1, -0.05) is 6.42 Å². The second kappa shape index (κ2) is 7.70. The van der Waals surface area contributed by atoms with E-state index in [-0.39, 0.29) is 11.9 Å². The Kier molecular flexibility index (Phi) is 5.40. The van der Waals surface area contributed by atoms with Gasteiger partial charge >= 0.3 is 0 Å². The molecule has 5 heteroatoms. The average Bonchev–Trinajstić information content (AvgIpc) is 2.58. The second-order valence-corrected chi connectivity index (χ2v) is 6.42. The van der Waals surface area contributed by atoms with E-state index < -0.39 is 0 Å². The van der Waals surface area contributed by atoms with Gasteiger partial charge in [0.2, 0.25) is 5.91 Å². The van der Waals surface area contributed by atoms with Gasteiger partial charge < -0.3 is 10.6 Å². The van der Waals surface area contributed by atoms with E-state index in [4.69, 9.17) is 0 Å². The third-order valence-electron chi connectivity index (χ3n) is 4.72. The third kappa shape index (κ3) is 4.27. The van der Waals surface area contributed by atoms with Crippen LogP contribution in [0, 0.1) is 0 Å². The predicted octanol–water partition coefficient (Wildman–Crippen LogP) is 1.30. The number of carbonyl (C=O) groups is 1. The minimum atomic E-state index is 0.0311. The fourth-order valence-corrected chi connectivity index (χ4v) is 3.36. The molecule has 2 N–H and O–H groups in total. The lowest BCUT2D eigenvalue weighted by molar-refractivity contribution is -0.124. The van der Waals surface area contributed by atoms with Crippen molar-refractivity contribution in [1.82, 2.24) is 20.5 Å². The van der Waals surface area contributed by atoms with Crippen LogP contribution in [-0.4, -0.2) is 47.5 Å². The molecule has 2 saturated heterocycles. The Hall–Kier alpha value is -1.46. The van der Waals surface area contributed by atoms with Gasteiger partial charge in [0.15, 0.2) is 0 Å². The van der Waals surface area contributed by atoms with E-state index in [2.05, 4.69) is 32.7 Å². The molecule has 0 saturated carbocycles. The SMILES string of the molecule is O=C(NC1CCN(Cc2ccncc2)CC1)C1CCCCN1. The van der Waals surface area contributed by atoms with Gasteiger partial charge in [0, 0.05) is 38.1 Å². The molecule has 0 radical (unpaired) electrons. The van der Waals surface area contributed by atoms with Crippen molar-refractivity contribution < 1.29 is 4.79 Å². The highest BCUT2D eigenvalue weighted by Gasteiger charge is 2.25. The lowest BCUT2D eigenvalue weighted by atomic mass is 10.0. The first-order valence-corrected chi connectivity index (χ1v) is 8.46. The lowest BCUT2D eigenvalue weighted by Gasteiger charge is -2.33. The summed E-state index contributed by atoms with van der Waals surface area (Å²) in [7, 11) is 0. The summed E-state index contributed by atoms with van der Waals surface area (Å²) in [5.74, 6) is 0.201. The number of nitrogens with zero attached hydrogens (tertiary/aromatic N) is 2. The largest absolute Gasteiger partial charge is 0.352 e. The monoisotopic (exact) mass is 302 g/mol. The molecule has 1 atom stereocenters. The van der Waals surface area contributed by atoms with Gasteiger partial charge in [-0.25, -0.2) is 0 Å². The smallest absolute Gasteiger partial charge is 0.237 e. The Morgan fingerprint density at radius 1 is 1.23 bits per heavy atom. The first kappa shape index (κ1) is 15.4. The highest BCUT2D eigenvalue weighted by molar-refractivity contribution is 5.82. The zero-order chi connectivity index (χ0) is 15.2. The van der Waals surface area contributed by atoms with Crippen molar-refractivity contribution >= 4 is 5.91 Å². The molecule has 1 aromatic rings. The maximum atomic E-state index is 12.2. The first-order chi connectivity index (χ1) is 10.8. The van der Waals surface area contributed by atoms with Gasteiger partial charge in [-0.3, -0.25) is 14.7 Å². The number of piperidine rings is 2. The van der Waals surface area contributed by atoms with Crippen LogP contribution in [0.2, 0.25) is 0 Å². The number of pyridine rings is 1. The maximum Gasteiger partial charge on any atom is 0.237 e. The van der Waals surface area contributed by atoms with Crippen LogP contribution >= 0.6 is 0 Å². The number of rotatable bonds is 4. The van der Waals surface area contributed by atoms with Crippen LogP contribution in [0.1, 0.15) is 37.7 Å². The molecule has 0 aromatic carbocycles. The van der Waals surface area contributed by atoms with Gasteiger partial charge in [0.05, 0.1) is 6.04 Å². The van der Waals surface area contributed by atoms with Crippen molar-refractivity contribution in [3.05, 3.63) is 30.1 Å². The molecule has 1 unspecified atom stereocenters. The van der Waals surface area contributed by atoms with Gasteiger partial charge in [-0.05, 0) is 49.9 Å². The number of likely N-dealkylation sites (tertiary alicyclic amines) is 1. The van der Waals surface area contributed by atoms with E-state index in [0.29, 0.717) is 6.04 Å². The van der Waals surface area contributed by atoms with Crippen LogP contribution in [0.3, 0.4) is 0 Å². The highest BCUT2D eigenvalue weighted by atomic mass is 16.2. The summed E-state index contributed by atoms with van der Waals surface area (Å²) < 4.78 is 0. The number of carbonyl (C=O) groups excluding carboxylic acids is 1. The van der Waals surface area contributed by atoms with Crippen molar-refractivity contribution in [3.8, 4) is 0 Å². The van der Waals surface area contributed by atoms with E-state index in [0.717, 1.165) is 51.9 Å². The standard InChI is InChI=1S/C17H26N4O/c22-17(16-3-1-2-8-19-16)20-15-6-11-21(12-7-15)13-14-4-9-18-10-5-14/h4-5,9-10,15-16,19H,1-3,6-8,11-13H2,(H,20,22). The average molecular weight is 302 g/mol. The molecule has 3 heterocycles. The zero-order valence-electron chi connectivity index (χ0n) is 13.1. The molecule has 0 bridgehead atoms. The summed E-state index contributed by atoms with van der Waals surface area (Å²) in [6.07, 6.45) is 9.12. The van der Waals surface area contributed by atoms with Crippen molar-refractivity contribution in [2.75, 3.05) is 19.6 Å². The van der Waals surface area contributed by atoms with E-state index in [1.807, 2.05) is 12.4 Å². The summed E-state index contributed by atoms with van der Waals surface area (Å²) in [4.78, 5) is 18.8. The molecule has 2 fully saturated rings. The zero-order valence-corrected chi connectivity index (χ0v) is 13.1. The highest BCUT2D eigenvalue weighted by Crippen LogP contribution is 2.14. The molecule has 120 valence electrons. The Morgan fingerprint density at radius 2 is 2.00 bits per heavy atom. The van der Waals surface area contributed by atoms with Crippen LogP contribution in [-0.2, 0) is 11.3 Å². The summed E-state index contributed by atoms with van der Waals surface area (Å²) >= 11 is 0. The topological polar surface area (TPSA) is 57.3 Å². The minimum absolute atomic E-state index is 0.0311. The molecule has 2 aliphatic heterocycles. The van der Waals surface area contributed by atoms with Crippen molar-refractivity contribution in [1.29, 1.82) is 0 Å². The summed E-state index contributed by atoms with van der Waals surface area (Å²) in [5, 5.41) is 6.56. The Balaban J connectivity index is 1.40. The van der Waals surface area contributed by atoms with Gasteiger partial charge in [0.1, 0.15) is 0 Å². The number of amides is 1. The van der Waals surface area contributed by atoms with Crippen molar-refractivity contribution in [2.45, 2.75) is 50.7 Å². The molecule has 1 amide bonds. The number of aromatic nitrogens is 1. The van der Waals surface area contributed by atoms with Crippen molar-refractivity contribution in [3.63, 3.8) is 0 Å². The molecule has 2 aliphatic rings. The quantitative estimate of drug-likeness (QED) is 0.880. The van der Waals surface area contributed by atoms with Crippen LogP contribution in [0.5, 0.6) is 0 Å². The maximum absolute atomic E-state index is 12.2. The minimum Gasteiger partial charge on any atom is -0.352 e. The Morgan fingerprint density at radius 3 is 2.68 bits per heavy atom. The Bertz CT molecular complexity index is 465. The normalized spacial score (nSPS) is 24.1. The molecular weight excluding hydrogens is 276 g/mol. The number of hydrogen-bond acceptors (Lipinski definition) is 4. The fourth-order valence-electron chi connectivity index (χ4n) is 3.36. The predicted molar refractivity (Wildman–Crippen MR) is 86.3 cm³/mol. The Labute approximate surface area is 132 Å². The molecule has 3 rings (SSSR count). The van der Waals surface area contributed by atoms with E-state index >= 15 is 0 Å². The van der Waals surface area contributed by atoms with E-state index in [1.54, 1.807) is 0 Å². The number of nitrogens with one attached hydrogen (secondary N) is 2. The molecule has 0 spiro atoms. The second-order valence-electron chi connectivity index (χ2n) is 6.42. The van der Waals surface area contributed by atoms with E-state index in [9.17, 15) is 4.79 Å². The van der Waals surface area contributed by atoms with E-state index in [1.165, 1.54) is 12.0 Å². The van der Waals surface area contributed by atoms with Crippen LogP contribution in [0.25, 0.3) is 0 Å². The summed E-state index contributed by atoms with van der Waals surface area (Å²) in [6.45, 7) is 4.05. The first-order valence-electron chi connectivity index (χ1n) is 8.46. The molecule has 22 heavy (non-hydrogen) atoms. The lowest BCUT2D eigenvalue weighted by Crippen LogP contribution is -2.52. The van der Waals surface area contributed by atoms with Gasteiger partial charge in [-0.15, -0.1) is 0 Å². The molecule has 0 aliphatic carbocycles. The molecule has 1 aromatic heterocycles. The van der Waals surface area contributed by atoms with Crippen LogP contribution < -0.4 is 10.6 Å². The fraction of sp³-hybridized carbons (Fsp3) is 0.647. The summed E-state index contributed by atoms with van der Waals surface area (Å²) in [5.41, 5.74) is 1.31. The third-order valence-corrected chi connectivity index (χ3v) is 4.72.